The summed E-state index contributed by atoms with van der Waals surface area (Å²) < 4.78 is 0. The third kappa shape index (κ3) is 4.67. The molecule has 2 rings (SSSR count). The van der Waals surface area contributed by atoms with E-state index in [0.717, 1.165) is 13.1 Å². The minimum atomic E-state index is -0.124. The number of carbonyl (C=O) groups is 2. The Morgan fingerprint density at radius 1 is 1.33 bits per heavy atom. The first-order chi connectivity index (χ1) is 11.5. The van der Waals surface area contributed by atoms with E-state index in [1.54, 1.807) is 18.3 Å². The molecular formula is C17H27N5O2. The average Bonchev–Trinajstić information content (AvgIpc) is 2.75. The quantitative estimate of drug-likeness (QED) is 0.818. The molecular weight excluding hydrogens is 306 g/mol. The predicted octanol–water partition coefficient (Wildman–Crippen LogP) is 0.432. The number of hydrogen-bond acceptors (Lipinski definition) is 5. The molecule has 1 aromatic heterocycles. The molecule has 1 saturated heterocycles. The summed E-state index contributed by atoms with van der Waals surface area (Å²) in [5, 5.41) is 2.82. The molecule has 132 valence electrons. The van der Waals surface area contributed by atoms with Crippen molar-refractivity contribution in [1.29, 1.82) is 0 Å². The van der Waals surface area contributed by atoms with E-state index in [0.29, 0.717) is 44.0 Å². The Labute approximate surface area is 143 Å². The fraction of sp³-hybridized carbons (Fsp3) is 0.588. The fourth-order valence-corrected chi connectivity index (χ4v) is 2.72. The molecule has 0 spiro atoms. The van der Waals surface area contributed by atoms with Gasteiger partial charge < -0.3 is 20.0 Å². The normalized spacial score (nSPS) is 15.6. The molecule has 7 heteroatoms. The molecule has 2 heterocycles. The Bertz CT molecular complexity index is 576. The van der Waals surface area contributed by atoms with Gasteiger partial charge in [0.2, 0.25) is 5.91 Å². The van der Waals surface area contributed by atoms with Crippen LogP contribution in [0.3, 0.4) is 0 Å². The van der Waals surface area contributed by atoms with Crippen LogP contribution in [0.15, 0.2) is 18.3 Å². The van der Waals surface area contributed by atoms with Gasteiger partial charge in [0, 0.05) is 51.9 Å². The van der Waals surface area contributed by atoms with Gasteiger partial charge in [0.05, 0.1) is 5.56 Å². The highest BCUT2D eigenvalue weighted by atomic mass is 16.2. The summed E-state index contributed by atoms with van der Waals surface area (Å²) in [5.74, 6) is 0.696. The maximum absolute atomic E-state index is 12.3. The van der Waals surface area contributed by atoms with Gasteiger partial charge in [-0.2, -0.15) is 0 Å². The van der Waals surface area contributed by atoms with Crippen LogP contribution in [-0.2, 0) is 4.79 Å². The van der Waals surface area contributed by atoms with E-state index >= 15 is 0 Å². The minimum absolute atomic E-state index is 0.124. The van der Waals surface area contributed by atoms with Crippen molar-refractivity contribution in [3.63, 3.8) is 0 Å². The molecule has 1 aliphatic rings. The summed E-state index contributed by atoms with van der Waals surface area (Å²) >= 11 is 0. The smallest absolute Gasteiger partial charge is 0.255 e. The average molecular weight is 333 g/mol. The van der Waals surface area contributed by atoms with Crippen LogP contribution in [0.1, 0.15) is 23.7 Å². The van der Waals surface area contributed by atoms with Gasteiger partial charge in [-0.15, -0.1) is 0 Å². The lowest BCUT2D eigenvalue weighted by atomic mass is 10.2. The molecule has 1 N–H and O–H groups in total. The van der Waals surface area contributed by atoms with Crippen LogP contribution in [-0.4, -0.2) is 80.0 Å². The summed E-state index contributed by atoms with van der Waals surface area (Å²) in [4.78, 5) is 35.0. The summed E-state index contributed by atoms with van der Waals surface area (Å²) in [6, 6.07) is 3.55. The molecule has 0 aliphatic carbocycles. The van der Waals surface area contributed by atoms with Crippen LogP contribution in [0.25, 0.3) is 0 Å². The molecule has 2 amide bonds. The zero-order valence-electron chi connectivity index (χ0n) is 14.8. The van der Waals surface area contributed by atoms with E-state index < -0.39 is 0 Å². The monoisotopic (exact) mass is 333 g/mol. The molecule has 0 saturated carbocycles. The van der Waals surface area contributed by atoms with Crippen molar-refractivity contribution in [3.05, 3.63) is 23.9 Å². The van der Waals surface area contributed by atoms with Crippen LogP contribution in [0.2, 0.25) is 0 Å². The second kappa shape index (κ2) is 8.63. The van der Waals surface area contributed by atoms with Gasteiger partial charge in [0.15, 0.2) is 0 Å². The molecule has 1 fully saturated rings. The van der Waals surface area contributed by atoms with E-state index in [-0.39, 0.29) is 11.8 Å². The summed E-state index contributed by atoms with van der Waals surface area (Å²) in [5.41, 5.74) is 0.563. The second-order valence-corrected chi connectivity index (χ2v) is 6.16. The topological polar surface area (TPSA) is 68.8 Å². The number of pyridine rings is 1. The molecule has 0 atom stereocenters. The second-order valence-electron chi connectivity index (χ2n) is 6.16. The van der Waals surface area contributed by atoms with E-state index in [9.17, 15) is 9.59 Å². The van der Waals surface area contributed by atoms with Crippen molar-refractivity contribution in [2.75, 3.05) is 58.3 Å². The van der Waals surface area contributed by atoms with Crippen molar-refractivity contribution >= 4 is 17.6 Å². The lowest BCUT2D eigenvalue weighted by Gasteiger charge is -2.25. The van der Waals surface area contributed by atoms with E-state index in [2.05, 4.69) is 15.2 Å². The van der Waals surface area contributed by atoms with Gasteiger partial charge in [-0.05, 0) is 33.2 Å². The number of anilines is 1. The van der Waals surface area contributed by atoms with Crippen LogP contribution >= 0.6 is 0 Å². The third-order valence-corrected chi connectivity index (χ3v) is 4.07. The molecule has 7 nitrogen and oxygen atoms in total. The van der Waals surface area contributed by atoms with E-state index in [1.807, 2.05) is 30.8 Å². The number of amides is 2. The largest absolute Gasteiger partial charge is 0.354 e. The zero-order chi connectivity index (χ0) is 17.5. The number of rotatable bonds is 6. The minimum Gasteiger partial charge on any atom is -0.354 e. The Kier molecular flexibility index (Phi) is 6.54. The number of carbonyl (C=O) groups excluding carboxylic acids is 2. The van der Waals surface area contributed by atoms with E-state index in [4.69, 9.17) is 0 Å². The Balaban J connectivity index is 2.11. The van der Waals surface area contributed by atoms with Crippen LogP contribution in [0, 0.1) is 0 Å². The molecule has 0 bridgehead atoms. The van der Waals surface area contributed by atoms with Gasteiger partial charge in [0.25, 0.3) is 5.91 Å². The van der Waals surface area contributed by atoms with Crippen LogP contribution in [0.5, 0.6) is 0 Å². The molecule has 0 radical (unpaired) electrons. The van der Waals surface area contributed by atoms with E-state index in [1.165, 1.54) is 0 Å². The lowest BCUT2D eigenvalue weighted by Crippen LogP contribution is -2.38. The van der Waals surface area contributed by atoms with Gasteiger partial charge in [0.1, 0.15) is 5.82 Å². The number of nitrogens with zero attached hydrogens (tertiary/aromatic N) is 4. The summed E-state index contributed by atoms with van der Waals surface area (Å²) in [7, 11) is 4.00. The third-order valence-electron chi connectivity index (χ3n) is 4.07. The predicted molar refractivity (Wildman–Crippen MR) is 94.2 cm³/mol. The first-order valence-electron chi connectivity index (χ1n) is 8.43. The lowest BCUT2D eigenvalue weighted by molar-refractivity contribution is -0.130. The van der Waals surface area contributed by atoms with Gasteiger partial charge >= 0.3 is 0 Å². The SMILES string of the molecule is CCNC(=O)c1cccnc1N1CCC(=O)N(CCN(C)C)CC1. The first kappa shape index (κ1) is 18.2. The van der Waals surface area contributed by atoms with Crippen molar-refractivity contribution in [3.8, 4) is 0 Å². The zero-order valence-corrected chi connectivity index (χ0v) is 14.8. The molecule has 0 unspecified atom stereocenters. The van der Waals surface area contributed by atoms with Crippen LogP contribution in [0.4, 0.5) is 5.82 Å². The Hall–Kier alpha value is -2.15. The number of hydrogen-bond donors (Lipinski definition) is 1. The van der Waals surface area contributed by atoms with Crippen LogP contribution < -0.4 is 10.2 Å². The van der Waals surface area contributed by atoms with Gasteiger partial charge in [-0.25, -0.2) is 4.98 Å². The highest BCUT2D eigenvalue weighted by Crippen LogP contribution is 2.19. The van der Waals surface area contributed by atoms with Gasteiger partial charge in [-0.3, -0.25) is 9.59 Å². The number of nitrogens with one attached hydrogen (secondary N) is 1. The first-order valence-corrected chi connectivity index (χ1v) is 8.43. The summed E-state index contributed by atoms with van der Waals surface area (Å²) in [6.45, 7) is 5.96. The highest BCUT2D eigenvalue weighted by Gasteiger charge is 2.24. The Morgan fingerprint density at radius 3 is 2.83 bits per heavy atom. The maximum atomic E-state index is 12.3. The van der Waals surface area contributed by atoms with Crippen molar-refractivity contribution in [1.82, 2.24) is 20.1 Å². The highest BCUT2D eigenvalue weighted by molar-refractivity contribution is 5.99. The maximum Gasteiger partial charge on any atom is 0.255 e. The number of aromatic nitrogens is 1. The molecule has 0 aromatic carbocycles. The van der Waals surface area contributed by atoms with Gasteiger partial charge in [-0.1, -0.05) is 0 Å². The molecule has 1 aliphatic heterocycles. The standard InChI is InChI=1S/C17H27N5O2/c1-4-18-17(24)14-6-5-8-19-16(14)22-9-7-15(23)21(12-13-22)11-10-20(2)3/h5-6,8H,4,7,9-13H2,1-3H3,(H,18,24). The molecule has 1 aromatic rings. The molecule has 24 heavy (non-hydrogen) atoms. The van der Waals surface area contributed by atoms with Crippen molar-refractivity contribution in [2.45, 2.75) is 13.3 Å². The fourth-order valence-electron chi connectivity index (χ4n) is 2.72. The van der Waals surface area contributed by atoms with Crippen molar-refractivity contribution in [2.24, 2.45) is 0 Å². The number of likely N-dealkylation sites (N-methyl/N-ethyl adjacent to an activating group) is 1. The van der Waals surface area contributed by atoms with Crippen molar-refractivity contribution < 1.29 is 9.59 Å². The Morgan fingerprint density at radius 2 is 2.12 bits per heavy atom. The summed E-state index contributed by atoms with van der Waals surface area (Å²) in [6.07, 6.45) is 2.13.